The van der Waals surface area contributed by atoms with Crippen molar-refractivity contribution in [3.05, 3.63) is 23.8 Å². The second-order valence-electron chi connectivity index (χ2n) is 3.73. The predicted octanol–water partition coefficient (Wildman–Crippen LogP) is -0.250. The lowest BCUT2D eigenvalue weighted by atomic mass is 10.1. The van der Waals surface area contributed by atoms with Crippen molar-refractivity contribution in [3.8, 4) is 5.75 Å². The molecule has 100 valence electrons. The van der Waals surface area contributed by atoms with Crippen molar-refractivity contribution < 1.29 is 19.7 Å². The predicted molar refractivity (Wildman–Crippen MR) is 67.4 cm³/mol. The Labute approximate surface area is 105 Å². The summed E-state index contributed by atoms with van der Waals surface area (Å²) in [6.45, 7) is 1.93. The number of hydrogen-bond acceptors (Lipinski definition) is 5. The average molecular weight is 254 g/mol. The molecule has 0 aliphatic heterocycles. The number of amides is 1. The molecule has 6 heteroatoms. The van der Waals surface area contributed by atoms with Gasteiger partial charge in [0.05, 0.1) is 25.0 Å². The first-order valence-electron chi connectivity index (χ1n) is 5.68. The molecule has 5 N–H and O–H groups in total. The van der Waals surface area contributed by atoms with Gasteiger partial charge in [-0.1, -0.05) is 0 Å². The lowest BCUT2D eigenvalue weighted by Crippen LogP contribution is -2.33. The maximum Gasteiger partial charge on any atom is 0.251 e. The van der Waals surface area contributed by atoms with Crippen molar-refractivity contribution in [2.24, 2.45) is 0 Å². The minimum atomic E-state index is -0.964. The third-order valence-corrected chi connectivity index (χ3v) is 2.28. The fraction of sp³-hybridized carbons (Fsp3) is 0.417. The number of anilines is 1. The molecule has 1 amide bonds. The summed E-state index contributed by atoms with van der Waals surface area (Å²) in [4.78, 5) is 11.7. The molecule has 18 heavy (non-hydrogen) atoms. The Kier molecular flexibility index (Phi) is 5.41. The van der Waals surface area contributed by atoms with Gasteiger partial charge in [-0.3, -0.25) is 4.79 Å². The van der Waals surface area contributed by atoms with Crippen molar-refractivity contribution in [1.29, 1.82) is 0 Å². The average Bonchev–Trinajstić information content (AvgIpc) is 2.38. The van der Waals surface area contributed by atoms with E-state index in [-0.39, 0.29) is 12.5 Å². The first-order chi connectivity index (χ1) is 8.58. The summed E-state index contributed by atoms with van der Waals surface area (Å²) in [6, 6.07) is 4.71. The SMILES string of the molecule is CCOc1ccc(C(=O)NCC(O)CO)cc1N. The van der Waals surface area contributed by atoms with Crippen LogP contribution < -0.4 is 15.8 Å². The molecule has 0 aromatic heterocycles. The summed E-state index contributed by atoms with van der Waals surface area (Å²) >= 11 is 0. The highest BCUT2D eigenvalue weighted by Crippen LogP contribution is 2.22. The number of aliphatic hydroxyl groups is 2. The molecule has 0 spiro atoms. The van der Waals surface area contributed by atoms with Gasteiger partial charge >= 0.3 is 0 Å². The molecule has 0 saturated carbocycles. The fourth-order valence-corrected chi connectivity index (χ4v) is 1.35. The van der Waals surface area contributed by atoms with Crippen LogP contribution in [0, 0.1) is 0 Å². The molecule has 0 heterocycles. The van der Waals surface area contributed by atoms with E-state index in [2.05, 4.69) is 5.32 Å². The summed E-state index contributed by atoms with van der Waals surface area (Å²) in [5.74, 6) is 0.168. The Morgan fingerprint density at radius 1 is 1.56 bits per heavy atom. The van der Waals surface area contributed by atoms with Gasteiger partial charge in [0.15, 0.2) is 0 Å². The number of nitrogens with one attached hydrogen (secondary N) is 1. The number of carbonyl (C=O) groups is 1. The van der Waals surface area contributed by atoms with Crippen LogP contribution in [0.5, 0.6) is 5.75 Å². The van der Waals surface area contributed by atoms with Gasteiger partial charge in [-0.15, -0.1) is 0 Å². The van der Waals surface area contributed by atoms with E-state index in [1.165, 1.54) is 6.07 Å². The zero-order valence-electron chi connectivity index (χ0n) is 10.2. The zero-order valence-corrected chi connectivity index (χ0v) is 10.2. The standard InChI is InChI=1S/C12H18N2O4/c1-2-18-11-4-3-8(5-10(11)13)12(17)14-6-9(16)7-15/h3-5,9,15-16H,2,6-7,13H2,1H3,(H,14,17). The Hall–Kier alpha value is -1.79. The highest BCUT2D eigenvalue weighted by Gasteiger charge is 2.10. The van der Waals surface area contributed by atoms with E-state index >= 15 is 0 Å². The second-order valence-corrected chi connectivity index (χ2v) is 3.73. The molecule has 0 bridgehead atoms. The molecule has 1 rings (SSSR count). The Morgan fingerprint density at radius 2 is 2.28 bits per heavy atom. The van der Waals surface area contributed by atoms with Gasteiger partial charge in [0, 0.05) is 12.1 Å². The highest BCUT2D eigenvalue weighted by atomic mass is 16.5. The number of benzene rings is 1. The van der Waals surface area contributed by atoms with Crippen LogP contribution in [0.25, 0.3) is 0 Å². The molecule has 0 radical (unpaired) electrons. The molecule has 1 aromatic carbocycles. The quantitative estimate of drug-likeness (QED) is 0.524. The molecule has 0 saturated heterocycles. The van der Waals surface area contributed by atoms with Crippen molar-refractivity contribution in [3.63, 3.8) is 0 Å². The van der Waals surface area contributed by atoms with Gasteiger partial charge in [0.1, 0.15) is 5.75 Å². The Morgan fingerprint density at radius 3 is 2.83 bits per heavy atom. The van der Waals surface area contributed by atoms with E-state index in [4.69, 9.17) is 20.7 Å². The minimum Gasteiger partial charge on any atom is -0.492 e. The lowest BCUT2D eigenvalue weighted by Gasteiger charge is -2.11. The van der Waals surface area contributed by atoms with E-state index in [0.29, 0.717) is 23.6 Å². The van der Waals surface area contributed by atoms with Gasteiger partial charge < -0.3 is 26.0 Å². The number of nitrogen functional groups attached to an aromatic ring is 1. The molecule has 0 fully saturated rings. The smallest absolute Gasteiger partial charge is 0.251 e. The molecule has 0 aliphatic carbocycles. The first kappa shape index (κ1) is 14.3. The second kappa shape index (κ2) is 6.83. The van der Waals surface area contributed by atoms with Crippen LogP contribution in [0.3, 0.4) is 0 Å². The van der Waals surface area contributed by atoms with Crippen LogP contribution >= 0.6 is 0 Å². The maximum absolute atomic E-state index is 11.7. The monoisotopic (exact) mass is 254 g/mol. The van der Waals surface area contributed by atoms with Gasteiger partial charge in [0.2, 0.25) is 0 Å². The van der Waals surface area contributed by atoms with Crippen molar-refractivity contribution in [1.82, 2.24) is 5.32 Å². The molecular weight excluding hydrogens is 236 g/mol. The van der Waals surface area contributed by atoms with Crippen LogP contribution in [0.15, 0.2) is 18.2 Å². The van der Waals surface area contributed by atoms with Gasteiger partial charge in [-0.25, -0.2) is 0 Å². The molecular formula is C12H18N2O4. The number of hydrogen-bond donors (Lipinski definition) is 4. The number of ether oxygens (including phenoxy) is 1. The van der Waals surface area contributed by atoms with Crippen LogP contribution in [-0.2, 0) is 0 Å². The van der Waals surface area contributed by atoms with E-state index in [1.54, 1.807) is 12.1 Å². The van der Waals surface area contributed by atoms with Crippen molar-refractivity contribution in [2.45, 2.75) is 13.0 Å². The maximum atomic E-state index is 11.7. The summed E-state index contributed by atoms with van der Waals surface area (Å²) in [5.41, 5.74) is 6.49. The summed E-state index contributed by atoms with van der Waals surface area (Å²) in [5, 5.41) is 20.2. The number of carbonyl (C=O) groups excluding carboxylic acids is 1. The summed E-state index contributed by atoms with van der Waals surface area (Å²) in [6.07, 6.45) is -0.964. The summed E-state index contributed by atoms with van der Waals surface area (Å²) < 4.78 is 5.26. The van der Waals surface area contributed by atoms with Gasteiger partial charge in [-0.2, -0.15) is 0 Å². The number of nitrogens with two attached hydrogens (primary N) is 1. The minimum absolute atomic E-state index is 0.0115. The largest absolute Gasteiger partial charge is 0.492 e. The van der Waals surface area contributed by atoms with Gasteiger partial charge in [0.25, 0.3) is 5.91 Å². The third-order valence-electron chi connectivity index (χ3n) is 2.28. The van der Waals surface area contributed by atoms with E-state index in [0.717, 1.165) is 0 Å². The van der Waals surface area contributed by atoms with E-state index in [1.807, 2.05) is 6.92 Å². The molecule has 6 nitrogen and oxygen atoms in total. The molecule has 0 aliphatic rings. The van der Waals surface area contributed by atoms with Crippen LogP contribution in [0.2, 0.25) is 0 Å². The number of rotatable bonds is 6. The van der Waals surface area contributed by atoms with Crippen LogP contribution in [-0.4, -0.2) is 42.0 Å². The van der Waals surface area contributed by atoms with Crippen molar-refractivity contribution >= 4 is 11.6 Å². The third kappa shape index (κ3) is 3.90. The van der Waals surface area contributed by atoms with Crippen LogP contribution in [0.1, 0.15) is 17.3 Å². The van der Waals surface area contributed by atoms with E-state index < -0.39 is 12.7 Å². The molecule has 1 atom stereocenters. The highest BCUT2D eigenvalue weighted by molar-refractivity contribution is 5.95. The Balaban J connectivity index is 2.66. The first-order valence-corrected chi connectivity index (χ1v) is 5.68. The van der Waals surface area contributed by atoms with Gasteiger partial charge in [-0.05, 0) is 25.1 Å². The topological polar surface area (TPSA) is 105 Å². The van der Waals surface area contributed by atoms with Crippen molar-refractivity contribution in [2.75, 3.05) is 25.5 Å². The Bertz CT molecular complexity index is 409. The lowest BCUT2D eigenvalue weighted by molar-refractivity contribution is 0.0802. The molecule has 1 unspecified atom stereocenters. The normalized spacial score (nSPS) is 11.9. The molecule has 1 aromatic rings. The zero-order chi connectivity index (χ0) is 13.5. The number of aliphatic hydroxyl groups excluding tert-OH is 2. The fourth-order valence-electron chi connectivity index (χ4n) is 1.35. The van der Waals surface area contributed by atoms with E-state index in [9.17, 15) is 4.79 Å². The summed E-state index contributed by atoms with van der Waals surface area (Å²) in [7, 11) is 0. The van der Waals surface area contributed by atoms with Crippen LogP contribution in [0.4, 0.5) is 5.69 Å².